The van der Waals surface area contributed by atoms with Crippen molar-refractivity contribution in [2.24, 2.45) is 0 Å². The number of nitriles is 2. The minimum atomic E-state index is -0.113. The lowest BCUT2D eigenvalue weighted by Crippen LogP contribution is -2.01. The Hall–Kier alpha value is -4.48. The third-order valence-electron chi connectivity index (χ3n) is 4.48. The number of nitrogens with one attached hydrogen (secondary N) is 1. The average Bonchev–Trinajstić information content (AvgIpc) is 2.81. The van der Waals surface area contributed by atoms with Gasteiger partial charge in [0.25, 0.3) is 0 Å². The van der Waals surface area contributed by atoms with E-state index < -0.39 is 0 Å². The van der Waals surface area contributed by atoms with E-state index in [4.69, 9.17) is 10.5 Å². The number of carbonyl (C=O) groups excluding carboxylic acids is 2. The van der Waals surface area contributed by atoms with Gasteiger partial charge in [-0.15, -0.1) is 0 Å². The molecule has 32 heavy (non-hydrogen) atoms. The van der Waals surface area contributed by atoms with E-state index >= 15 is 0 Å². The predicted molar refractivity (Wildman–Crippen MR) is 125 cm³/mol. The summed E-state index contributed by atoms with van der Waals surface area (Å²) in [6.07, 6.45) is 2.87. The zero-order valence-electron chi connectivity index (χ0n) is 18.0. The van der Waals surface area contributed by atoms with Crippen molar-refractivity contribution in [2.45, 2.75) is 20.3 Å². The van der Waals surface area contributed by atoms with E-state index in [2.05, 4.69) is 5.32 Å². The largest absolute Gasteiger partial charge is 0.361 e. The highest BCUT2D eigenvalue weighted by atomic mass is 16.1. The Morgan fingerprint density at radius 2 is 1.25 bits per heavy atom. The van der Waals surface area contributed by atoms with Crippen LogP contribution in [-0.4, -0.2) is 11.6 Å². The van der Waals surface area contributed by atoms with Crippen LogP contribution in [0.15, 0.2) is 85.1 Å². The highest BCUT2D eigenvalue weighted by molar-refractivity contribution is 6.09. The lowest BCUT2D eigenvalue weighted by Gasteiger charge is -2.04. The van der Waals surface area contributed by atoms with Gasteiger partial charge in [-0.2, -0.15) is 10.5 Å². The highest BCUT2D eigenvalue weighted by Gasteiger charge is 2.08. The van der Waals surface area contributed by atoms with Crippen LogP contribution in [0.25, 0.3) is 0 Å². The Labute approximate surface area is 188 Å². The van der Waals surface area contributed by atoms with Crippen LogP contribution >= 0.6 is 0 Å². The molecule has 0 amide bonds. The fourth-order valence-electron chi connectivity index (χ4n) is 2.68. The zero-order valence-corrected chi connectivity index (χ0v) is 18.0. The highest BCUT2D eigenvalue weighted by Crippen LogP contribution is 2.14. The first kappa shape index (κ1) is 23.8. The van der Waals surface area contributed by atoms with Crippen LogP contribution in [0.2, 0.25) is 0 Å². The molecule has 3 aromatic carbocycles. The SMILES string of the molecule is Cc1ccc(C(=O)CC#N)cc1.Cc1ccc(C(=O)c2ccc(NC=CC#N)cc2)cc1. The number of rotatable bonds is 6. The number of nitrogens with zero attached hydrogens (tertiary/aromatic N) is 2. The Morgan fingerprint density at radius 3 is 1.72 bits per heavy atom. The summed E-state index contributed by atoms with van der Waals surface area (Å²) >= 11 is 0. The maximum atomic E-state index is 12.3. The molecule has 5 nitrogen and oxygen atoms in total. The van der Waals surface area contributed by atoms with Crippen molar-refractivity contribution in [2.75, 3.05) is 5.32 Å². The van der Waals surface area contributed by atoms with Gasteiger partial charge in [-0.3, -0.25) is 9.59 Å². The fourth-order valence-corrected chi connectivity index (χ4v) is 2.68. The Balaban J connectivity index is 0.000000258. The van der Waals surface area contributed by atoms with Gasteiger partial charge in [-0.05, 0) is 38.1 Å². The number of benzene rings is 3. The molecule has 0 aliphatic carbocycles. The number of hydrogen-bond acceptors (Lipinski definition) is 5. The van der Waals surface area contributed by atoms with Crippen LogP contribution in [-0.2, 0) is 0 Å². The zero-order chi connectivity index (χ0) is 23.3. The molecular weight excluding hydrogens is 398 g/mol. The third kappa shape index (κ3) is 7.40. The molecule has 158 valence electrons. The molecule has 1 N–H and O–H groups in total. The van der Waals surface area contributed by atoms with Crippen molar-refractivity contribution in [3.05, 3.63) is 113 Å². The molecular formula is C27H23N3O2. The maximum Gasteiger partial charge on any atom is 0.193 e. The van der Waals surface area contributed by atoms with Gasteiger partial charge in [-0.25, -0.2) is 0 Å². The second-order valence-electron chi connectivity index (χ2n) is 7.00. The van der Waals surface area contributed by atoms with Crippen molar-refractivity contribution in [1.82, 2.24) is 0 Å². The summed E-state index contributed by atoms with van der Waals surface area (Å²) < 4.78 is 0. The van der Waals surface area contributed by atoms with Crippen LogP contribution in [0.1, 0.15) is 43.8 Å². The molecule has 0 saturated heterocycles. The maximum absolute atomic E-state index is 12.3. The van der Waals surface area contributed by atoms with Gasteiger partial charge in [0.05, 0.1) is 18.6 Å². The molecule has 0 aromatic heterocycles. The molecule has 0 aliphatic rings. The summed E-state index contributed by atoms with van der Waals surface area (Å²) in [6.45, 7) is 3.95. The number of Topliss-reactive ketones (excluding diaryl/α,β-unsaturated/α-hetero) is 1. The first-order valence-electron chi connectivity index (χ1n) is 9.94. The number of aryl methyl sites for hydroxylation is 2. The van der Waals surface area contributed by atoms with Crippen molar-refractivity contribution in [3.63, 3.8) is 0 Å². The fraction of sp³-hybridized carbons (Fsp3) is 0.111. The van der Waals surface area contributed by atoms with Crippen molar-refractivity contribution >= 4 is 17.3 Å². The normalized spacial score (nSPS) is 9.75. The smallest absolute Gasteiger partial charge is 0.193 e. The number of hydrogen-bond donors (Lipinski definition) is 1. The number of ketones is 2. The van der Waals surface area contributed by atoms with Crippen LogP contribution in [0.5, 0.6) is 0 Å². The second kappa shape index (κ2) is 12.3. The van der Waals surface area contributed by atoms with E-state index in [0.29, 0.717) is 16.7 Å². The lowest BCUT2D eigenvalue weighted by atomic mass is 10.0. The molecule has 3 aromatic rings. The molecule has 0 spiro atoms. The number of carbonyl (C=O) groups is 2. The molecule has 0 atom stereocenters. The topological polar surface area (TPSA) is 93.8 Å². The molecule has 0 radical (unpaired) electrons. The Morgan fingerprint density at radius 1 is 0.781 bits per heavy atom. The van der Waals surface area contributed by atoms with Crippen molar-refractivity contribution < 1.29 is 9.59 Å². The molecule has 0 saturated carbocycles. The van der Waals surface area contributed by atoms with Gasteiger partial charge in [0.2, 0.25) is 0 Å². The van der Waals surface area contributed by atoms with E-state index in [1.165, 1.54) is 6.08 Å². The van der Waals surface area contributed by atoms with Gasteiger partial charge in [-0.1, -0.05) is 59.7 Å². The molecule has 0 heterocycles. The summed E-state index contributed by atoms with van der Waals surface area (Å²) in [6, 6.07) is 25.6. The van der Waals surface area contributed by atoms with Gasteiger partial charge >= 0.3 is 0 Å². The summed E-state index contributed by atoms with van der Waals surface area (Å²) in [5.41, 5.74) is 5.01. The van der Waals surface area contributed by atoms with Crippen LogP contribution < -0.4 is 5.32 Å². The van der Waals surface area contributed by atoms with Crippen molar-refractivity contribution in [3.8, 4) is 12.1 Å². The predicted octanol–water partition coefficient (Wildman–Crippen LogP) is 5.77. The number of allylic oxidation sites excluding steroid dienone is 1. The van der Waals surface area contributed by atoms with E-state index in [1.807, 2.05) is 74.5 Å². The lowest BCUT2D eigenvalue weighted by molar-refractivity contribution is 0.0996. The Bertz CT molecular complexity index is 1160. The minimum absolute atomic E-state index is 0.00381. The van der Waals surface area contributed by atoms with Gasteiger partial charge in [0.1, 0.15) is 0 Å². The minimum Gasteiger partial charge on any atom is -0.361 e. The molecule has 0 unspecified atom stereocenters. The standard InChI is InChI=1S/C17H14N2O.C10H9NO/c1-13-3-5-14(6-4-13)17(20)15-7-9-16(10-8-15)19-12-2-11-18;1-8-2-4-9(5-3-8)10(12)6-7-11/h2-10,12,19H,1H3;2-5H,6H2,1H3. The first-order chi connectivity index (χ1) is 15.4. The first-order valence-corrected chi connectivity index (χ1v) is 9.94. The summed E-state index contributed by atoms with van der Waals surface area (Å²) in [5.74, 6) is -0.110. The van der Waals surface area contributed by atoms with E-state index in [1.54, 1.807) is 30.5 Å². The van der Waals surface area contributed by atoms with Crippen molar-refractivity contribution in [1.29, 1.82) is 10.5 Å². The monoisotopic (exact) mass is 421 g/mol. The molecule has 0 aliphatic heterocycles. The van der Waals surface area contributed by atoms with Crippen LogP contribution in [0.4, 0.5) is 5.69 Å². The average molecular weight is 422 g/mol. The van der Waals surface area contributed by atoms with Crippen LogP contribution in [0.3, 0.4) is 0 Å². The van der Waals surface area contributed by atoms with E-state index in [9.17, 15) is 9.59 Å². The summed E-state index contributed by atoms with van der Waals surface area (Å²) in [4.78, 5) is 23.4. The number of anilines is 1. The second-order valence-corrected chi connectivity index (χ2v) is 7.00. The van der Waals surface area contributed by atoms with Gasteiger partial charge in [0, 0.05) is 34.7 Å². The van der Waals surface area contributed by atoms with Gasteiger partial charge in [0.15, 0.2) is 11.6 Å². The molecule has 5 heteroatoms. The van der Waals surface area contributed by atoms with Crippen LogP contribution in [0, 0.1) is 36.5 Å². The quantitative estimate of drug-likeness (QED) is 0.403. The molecule has 0 bridgehead atoms. The third-order valence-corrected chi connectivity index (χ3v) is 4.48. The van der Waals surface area contributed by atoms with E-state index in [0.717, 1.165) is 16.8 Å². The van der Waals surface area contributed by atoms with Gasteiger partial charge < -0.3 is 5.32 Å². The molecule has 3 rings (SSSR count). The summed E-state index contributed by atoms with van der Waals surface area (Å²) in [7, 11) is 0. The van der Waals surface area contributed by atoms with E-state index in [-0.39, 0.29) is 18.0 Å². The summed E-state index contributed by atoms with van der Waals surface area (Å²) in [5, 5.41) is 19.6. The Kier molecular flexibility index (Phi) is 9.12. The molecule has 0 fully saturated rings.